The molecule has 1 amide bonds. The molecule has 0 spiro atoms. The monoisotopic (exact) mass is 292 g/mol. The Kier molecular flexibility index (Phi) is 7.23. The SMILES string of the molecule is CCC(CCN)CCC(=O)Nc1ccc(C)c(OC)c1C. The molecule has 118 valence electrons. The minimum Gasteiger partial charge on any atom is -0.496 e. The molecule has 0 saturated heterocycles. The van der Waals surface area contributed by atoms with Crippen LogP contribution in [0.2, 0.25) is 0 Å². The van der Waals surface area contributed by atoms with E-state index in [2.05, 4.69) is 12.2 Å². The highest BCUT2D eigenvalue weighted by molar-refractivity contribution is 5.92. The quantitative estimate of drug-likeness (QED) is 0.771. The molecule has 4 nitrogen and oxygen atoms in total. The summed E-state index contributed by atoms with van der Waals surface area (Å²) in [6, 6.07) is 3.90. The maximum atomic E-state index is 12.1. The summed E-state index contributed by atoms with van der Waals surface area (Å²) in [5, 5.41) is 2.98. The molecule has 1 atom stereocenters. The van der Waals surface area contributed by atoms with Crippen LogP contribution >= 0.6 is 0 Å². The normalized spacial score (nSPS) is 12.0. The zero-order valence-corrected chi connectivity index (χ0v) is 13.7. The second-order valence-electron chi connectivity index (χ2n) is 5.53. The molecule has 1 aromatic rings. The summed E-state index contributed by atoms with van der Waals surface area (Å²) in [7, 11) is 1.65. The summed E-state index contributed by atoms with van der Waals surface area (Å²) in [4.78, 5) is 12.1. The van der Waals surface area contributed by atoms with E-state index in [1.165, 1.54) is 0 Å². The summed E-state index contributed by atoms with van der Waals surface area (Å²) < 4.78 is 5.38. The van der Waals surface area contributed by atoms with E-state index in [9.17, 15) is 4.79 Å². The van der Waals surface area contributed by atoms with E-state index < -0.39 is 0 Å². The lowest BCUT2D eigenvalue weighted by Gasteiger charge is -2.16. The molecule has 21 heavy (non-hydrogen) atoms. The highest BCUT2D eigenvalue weighted by atomic mass is 16.5. The molecule has 1 rings (SSSR count). The molecule has 0 aliphatic carbocycles. The van der Waals surface area contributed by atoms with Crippen LogP contribution in [0, 0.1) is 19.8 Å². The minimum atomic E-state index is 0.0551. The fraction of sp³-hybridized carbons (Fsp3) is 0.588. The Morgan fingerprint density at radius 1 is 1.33 bits per heavy atom. The van der Waals surface area contributed by atoms with Gasteiger partial charge in [0.1, 0.15) is 5.75 Å². The predicted molar refractivity (Wildman–Crippen MR) is 87.8 cm³/mol. The van der Waals surface area contributed by atoms with Crippen molar-refractivity contribution in [2.45, 2.75) is 46.5 Å². The molecule has 0 heterocycles. The first-order chi connectivity index (χ1) is 10.0. The van der Waals surface area contributed by atoms with Gasteiger partial charge in [0, 0.05) is 17.7 Å². The van der Waals surface area contributed by atoms with Gasteiger partial charge < -0.3 is 15.8 Å². The number of methoxy groups -OCH3 is 1. The van der Waals surface area contributed by atoms with Crippen LogP contribution < -0.4 is 15.8 Å². The van der Waals surface area contributed by atoms with E-state index >= 15 is 0 Å². The lowest BCUT2D eigenvalue weighted by molar-refractivity contribution is -0.116. The van der Waals surface area contributed by atoms with E-state index in [0.29, 0.717) is 18.9 Å². The summed E-state index contributed by atoms with van der Waals surface area (Å²) >= 11 is 0. The summed E-state index contributed by atoms with van der Waals surface area (Å²) in [6.45, 7) is 6.79. The van der Waals surface area contributed by atoms with E-state index in [-0.39, 0.29) is 5.91 Å². The van der Waals surface area contributed by atoms with Gasteiger partial charge in [-0.3, -0.25) is 4.79 Å². The number of amides is 1. The molecular formula is C17H28N2O2. The van der Waals surface area contributed by atoms with E-state index in [1.54, 1.807) is 7.11 Å². The average molecular weight is 292 g/mol. The number of rotatable bonds is 8. The smallest absolute Gasteiger partial charge is 0.224 e. The molecule has 3 N–H and O–H groups in total. The second kappa shape index (κ2) is 8.67. The fourth-order valence-electron chi connectivity index (χ4n) is 2.61. The Morgan fingerprint density at radius 2 is 2.05 bits per heavy atom. The Hall–Kier alpha value is -1.55. The van der Waals surface area contributed by atoms with Gasteiger partial charge in [0.05, 0.1) is 7.11 Å². The Balaban J connectivity index is 2.63. The van der Waals surface area contributed by atoms with Gasteiger partial charge in [-0.1, -0.05) is 19.4 Å². The summed E-state index contributed by atoms with van der Waals surface area (Å²) in [5.41, 5.74) is 8.46. The van der Waals surface area contributed by atoms with Crippen molar-refractivity contribution in [3.63, 3.8) is 0 Å². The summed E-state index contributed by atoms with van der Waals surface area (Å²) in [6.07, 6.45) is 3.48. The molecule has 1 unspecified atom stereocenters. The third-order valence-electron chi connectivity index (χ3n) is 4.01. The third kappa shape index (κ3) is 5.05. The molecular weight excluding hydrogens is 264 g/mol. The van der Waals surface area contributed by atoms with E-state index in [1.807, 2.05) is 26.0 Å². The highest BCUT2D eigenvalue weighted by Crippen LogP contribution is 2.29. The number of carbonyl (C=O) groups is 1. The van der Waals surface area contributed by atoms with Crippen LogP contribution in [0.25, 0.3) is 0 Å². The Bertz CT molecular complexity index is 472. The van der Waals surface area contributed by atoms with Gasteiger partial charge in [-0.05, 0) is 50.8 Å². The van der Waals surface area contributed by atoms with Gasteiger partial charge in [0.25, 0.3) is 0 Å². The number of hydrogen-bond acceptors (Lipinski definition) is 3. The number of benzene rings is 1. The van der Waals surface area contributed by atoms with Crippen molar-refractivity contribution < 1.29 is 9.53 Å². The van der Waals surface area contributed by atoms with Crippen molar-refractivity contribution in [2.75, 3.05) is 19.0 Å². The summed E-state index contributed by atoms with van der Waals surface area (Å²) in [5.74, 6) is 1.43. The molecule has 0 aliphatic heterocycles. The van der Waals surface area contributed by atoms with Crippen molar-refractivity contribution >= 4 is 11.6 Å². The fourth-order valence-corrected chi connectivity index (χ4v) is 2.61. The maximum absolute atomic E-state index is 12.1. The number of hydrogen-bond donors (Lipinski definition) is 2. The molecule has 0 fully saturated rings. The van der Waals surface area contributed by atoms with Crippen LogP contribution in [0.1, 0.15) is 43.7 Å². The lowest BCUT2D eigenvalue weighted by atomic mass is 9.96. The van der Waals surface area contributed by atoms with Gasteiger partial charge in [-0.15, -0.1) is 0 Å². The number of nitrogens with two attached hydrogens (primary N) is 1. The molecule has 0 radical (unpaired) electrons. The predicted octanol–water partition coefficient (Wildman–Crippen LogP) is 3.41. The van der Waals surface area contributed by atoms with Crippen molar-refractivity contribution in [2.24, 2.45) is 11.7 Å². The number of aryl methyl sites for hydroxylation is 1. The molecule has 1 aromatic carbocycles. The number of ether oxygens (including phenoxy) is 1. The van der Waals surface area contributed by atoms with Crippen molar-refractivity contribution in [1.29, 1.82) is 0 Å². The van der Waals surface area contributed by atoms with Gasteiger partial charge >= 0.3 is 0 Å². The van der Waals surface area contributed by atoms with Crippen LogP contribution in [-0.4, -0.2) is 19.6 Å². The Labute approximate surface area is 128 Å². The van der Waals surface area contributed by atoms with Crippen LogP contribution in [-0.2, 0) is 4.79 Å². The standard InChI is InChI=1S/C17H28N2O2/c1-5-14(10-11-18)7-9-16(20)19-15-8-6-12(2)17(21-4)13(15)3/h6,8,14H,5,7,9-11,18H2,1-4H3,(H,19,20). The molecule has 4 heteroatoms. The van der Waals surface area contributed by atoms with Gasteiger partial charge in [0.2, 0.25) is 5.91 Å². The highest BCUT2D eigenvalue weighted by Gasteiger charge is 2.12. The number of anilines is 1. The van der Waals surface area contributed by atoms with E-state index in [4.69, 9.17) is 10.5 Å². The van der Waals surface area contributed by atoms with Crippen LogP contribution in [0.15, 0.2) is 12.1 Å². The number of carbonyl (C=O) groups excluding carboxylic acids is 1. The topological polar surface area (TPSA) is 64.4 Å². The van der Waals surface area contributed by atoms with Crippen molar-refractivity contribution in [3.05, 3.63) is 23.3 Å². The zero-order valence-electron chi connectivity index (χ0n) is 13.7. The van der Waals surface area contributed by atoms with Gasteiger partial charge in [0.15, 0.2) is 0 Å². The minimum absolute atomic E-state index is 0.0551. The van der Waals surface area contributed by atoms with Crippen LogP contribution in [0.5, 0.6) is 5.75 Å². The largest absolute Gasteiger partial charge is 0.496 e. The first kappa shape index (κ1) is 17.5. The third-order valence-corrected chi connectivity index (χ3v) is 4.01. The van der Waals surface area contributed by atoms with Crippen molar-refractivity contribution in [3.8, 4) is 5.75 Å². The lowest BCUT2D eigenvalue weighted by Crippen LogP contribution is -2.15. The first-order valence-electron chi connectivity index (χ1n) is 7.67. The Morgan fingerprint density at radius 3 is 2.62 bits per heavy atom. The van der Waals surface area contributed by atoms with Crippen LogP contribution in [0.4, 0.5) is 5.69 Å². The molecule has 0 aromatic heterocycles. The van der Waals surface area contributed by atoms with E-state index in [0.717, 1.165) is 41.8 Å². The van der Waals surface area contributed by atoms with Crippen LogP contribution in [0.3, 0.4) is 0 Å². The first-order valence-corrected chi connectivity index (χ1v) is 7.67. The maximum Gasteiger partial charge on any atom is 0.224 e. The number of nitrogens with one attached hydrogen (secondary N) is 1. The zero-order chi connectivity index (χ0) is 15.8. The molecule has 0 saturated carbocycles. The van der Waals surface area contributed by atoms with Crippen molar-refractivity contribution in [1.82, 2.24) is 0 Å². The second-order valence-corrected chi connectivity index (χ2v) is 5.53. The molecule has 0 bridgehead atoms. The average Bonchev–Trinajstić information content (AvgIpc) is 2.47. The molecule has 0 aliphatic rings. The van der Waals surface area contributed by atoms with Gasteiger partial charge in [-0.25, -0.2) is 0 Å². The van der Waals surface area contributed by atoms with Gasteiger partial charge in [-0.2, -0.15) is 0 Å².